The molecule has 0 atom stereocenters. The third kappa shape index (κ3) is 5.21. The molecule has 0 aliphatic rings. The van der Waals surface area contributed by atoms with Crippen molar-refractivity contribution in [2.24, 2.45) is 5.73 Å². The molecule has 12 heavy (non-hydrogen) atoms. The number of amides is 1. The van der Waals surface area contributed by atoms with E-state index < -0.39 is 0 Å². The van der Waals surface area contributed by atoms with Gasteiger partial charge < -0.3 is 11.1 Å². The lowest BCUT2D eigenvalue weighted by atomic mass is 9.99. The minimum atomic E-state index is -0.276. The van der Waals surface area contributed by atoms with Crippen LogP contribution in [0, 0.1) is 0 Å². The van der Waals surface area contributed by atoms with Crippen LogP contribution in [0.15, 0.2) is 0 Å². The molecule has 0 bridgehead atoms. The van der Waals surface area contributed by atoms with Crippen LogP contribution < -0.4 is 11.1 Å². The number of rotatable bonds is 4. The fourth-order valence-corrected chi connectivity index (χ4v) is 1.46. The molecular formula is C8H16N2OS. The molecule has 0 aromatic heterocycles. The van der Waals surface area contributed by atoms with Gasteiger partial charge >= 0.3 is 0 Å². The molecule has 0 aliphatic carbocycles. The fourth-order valence-electron chi connectivity index (χ4n) is 1.10. The Morgan fingerprint density at radius 1 is 1.58 bits per heavy atom. The maximum Gasteiger partial charge on any atom is 0.234 e. The van der Waals surface area contributed by atoms with Crippen LogP contribution in [0.5, 0.6) is 0 Å². The predicted octanol–water partition coefficient (Wildman–Crippen LogP) is 0.620. The van der Waals surface area contributed by atoms with Crippen molar-refractivity contribution in [1.29, 1.82) is 0 Å². The zero-order valence-electron chi connectivity index (χ0n) is 7.81. The molecule has 0 aromatic carbocycles. The van der Waals surface area contributed by atoms with Gasteiger partial charge in [0.25, 0.3) is 0 Å². The van der Waals surface area contributed by atoms with Gasteiger partial charge in [-0.3, -0.25) is 4.79 Å². The second-order valence-electron chi connectivity index (χ2n) is 3.51. The van der Waals surface area contributed by atoms with Gasteiger partial charge in [0.05, 0.1) is 6.54 Å². The van der Waals surface area contributed by atoms with Crippen molar-refractivity contribution >= 4 is 23.0 Å². The third-order valence-corrected chi connectivity index (χ3v) is 1.50. The normalized spacial score (nSPS) is 11.0. The van der Waals surface area contributed by atoms with E-state index in [9.17, 15) is 4.79 Å². The van der Waals surface area contributed by atoms with Crippen LogP contribution in [-0.4, -0.2) is 22.9 Å². The average molecular weight is 188 g/mol. The number of nitrogens with two attached hydrogens (primary N) is 1. The Labute approximate surface area is 78.7 Å². The van der Waals surface area contributed by atoms with Gasteiger partial charge in [0, 0.05) is 12.0 Å². The molecule has 0 aromatic rings. The largest absolute Gasteiger partial charge is 0.350 e. The summed E-state index contributed by atoms with van der Waals surface area (Å²) in [4.78, 5) is 11.8. The van der Waals surface area contributed by atoms with Gasteiger partial charge in [0.1, 0.15) is 0 Å². The summed E-state index contributed by atoms with van der Waals surface area (Å²) in [5, 5.41) is 2.79. The number of carbonyl (C=O) groups excluding carboxylic acids is 1. The molecule has 0 unspecified atom stereocenters. The van der Waals surface area contributed by atoms with Crippen LogP contribution in [0.3, 0.4) is 0 Å². The van der Waals surface area contributed by atoms with Gasteiger partial charge in [-0.1, -0.05) is 12.2 Å². The molecular weight excluding hydrogens is 172 g/mol. The lowest BCUT2D eigenvalue weighted by molar-refractivity contribution is -0.121. The highest BCUT2D eigenvalue weighted by molar-refractivity contribution is 7.80. The van der Waals surface area contributed by atoms with Crippen LogP contribution in [-0.2, 0) is 4.79 Å². The number of thiocarbonyl (C=S) groups is 1. The fraction of sp³-hybridized carbons (Fsp3) is 0.750. The molecule has 1 amide bonds. The zero-order valence-corrected chi connectivity index (χ0v) is 8.62. The summed E-state index contributed by atoms with van der Waals surface area (Å²) in [6, 6.07) is 0. The van der Waals surface area contributed by atoms with Gasteiger partial charge in [-0.05, 0) is 25.6 Å². The predicted molar refractivity (Wildman–Crippen MR) is 54.2 cm³/mol. The summed E-state index contributed by atoms with van der Waals surface area (Å²) in [5.74, 6) is -0.142. The average Bonchev–Trinajstić information content (AvgIpc) is 1.83. The van der Waals surface area contributed by atoms with Gasteiger partial charge in [-0.15, -0.1) is 0 Å². The molecule has 0 radical (unpaired) electrons. The van der Waals surface area contributed by atoms with E-state index in [1.165, 1.54) is 0 Å². The molecule has 0 rings (SSSR count). The molecule has 3 nitrogen and oxygen atoms in total. The van der Waals surface area contributed by atoms with E-state index in [0.29, 0.717) is 6.42 Å². The first kappa shape index (κ1) is 11.5. The van der Waals surface area contributed by atoms with Crippen molar-refractivity contribution in [1.82, 2.24) is 5.32 Å². The van der Waals surface area contributed by atoms with Gasteiger partial charge in [0.2, 0.25) is 5.91 Å². The van der Waals surface area contributed by atoms with Crippen LogP contribution in [0.4, 0.5) is 0 Å². The van der Waals surface area contributed by atoms with Crippen LogP contribution >= 0.6 is 12.2 Å². The van der Waals surface area contributed by atoms with Crippen molar-refractivity contribution in [3.8, 4) is 0 Å². The zero-order chi connectivity index (χ0) is 9.78. The molecule has 0 fully saturated rings. The third-order valence-electron chi connectivity index (χ3n) is 1.35. The Balaban J connectivity index is 4.03. The quantitative estimate of drug-likeness (QED) is 0.636. The van der Waals surface area contributed by atoms with Gasteiger partial charge in [-0.25, -0.2) is 0 Å². The Hall–Kier alpha value is -0.480. The van der Waals surface area contributed by atoms with Crippen LogP contribution in [0.25, 0.3) is 0 Å². The number of carbonyl (C=O) groups is 1. The van der Waals surface area contributed by atoms with E-state index >= 15 is 0 Å². The molecule has 0 heterocycles. The van der Waals surface area contributed by atoms with Gasteiger partial charge in [0.15, 0.2) is 0 Å². The first-order valence-electron chi connectivity index (χ1n) is 3.88. The minimum absolute atomic E-state index is 0.0277. The molecule has 4 heteroatoms. The molecule has 70 valence electrons. The van der Waals surface area contributed by atoms with E-state index in [4.69, 9.17) is 18.0 Å². The first-order chi connectivity index (χ1) is 5.37. The summed E-state index contributed by atoms with van der Waals surface area (Å²) in [5.41, 5.74) is 4.89. The Bertz CT molecular complexity index is 189. The molecule has 0 aliphatic heterocycles. The Morgan fingerprint density at radius 3 is 2.42 bits per heavy atom. The summed E-state index contributed by atoms with van der Waals surface area (Å²) in [6.07, 6.45) is 0.702. The molecule has 3 N–H and O–H groups in total. The highest BCUT2D eigenvalue weighted by Gasteiger charge is 2.19. The van der Waals surface area contributed by atoms with E-state index in [-0.39, 0.29) is 18.0 Å². The van der Waals surface area contributed by atoms with Gasteiger partial charge in [-0.2, -0.15) is 0 Å². The molecule has 0 saturated carbocycles. The number of nitrogens with one attached hydrogen (secondary N) is 1. The maximum atomic E-state index is 10.9. The van der Waals surface area contributed by atoms with E-state index in [1.54, 1.807) is 0 Å². The second-order valence-corrected chi connectivity index (χ2v) is 4.21. The van der Waals surface area contributed by atoms with Crippen molar-refractivity contribution < 1.29 is 4.79 Å². The standard InChI is InChI=1S/C8H16N2OS/c1-6(12)4-8(2,3)10-7(11)5-9/h4-5,9H2,1-3H3,(H,10,11). The maximum absolute atomic E-state index is 10.9. The minimum Gasteiger partial charge on any atom is -0.350 e. The number of hydrogen-bond acceptors (Lipinski definition) is 3. The van der Waals surface area contributed by atoms with Crippen molar-refractivity contribution in [2.75, 3.05) is 6.54 Å². The second kappa shape index (κ2) is 4.52. The van der Waals surface area contributed by atoms with Crippen molar-refractivity contribution in [3.05, 3.63) is 0 Å². The van der Waals surface area contributed by atoms with Crippen molar-refractivity contribution in [2.45, 2.75) is 32.7 Å². The Kier molecular flexibility index (Phi) is 4.34. The van der Waals surface area contributed by atoms with Crippen molar-refractivity contribution in [3.63, 3.8) is 0 Å². The summed E-state index contributed by atoms with van der Waals surface area (Å²) < 4.78 is 0. The van der Waals surface area contributed by atoms with Crippen LogP contribution in [0.1, 0.15) is 27.2 Å². The Morgan fingerprint density at radius 2 is 2.08 bits per heavy atom. The lowest BCUT2D eigenvalue weighted by Gasteiger charge is -2.25. The SMILES string of the molecule is CC(=S)CC(C)(C)NC(=O)CN. The van der Waals surface area contributed by atoms with E-state index in [2.05, 4.69) is 5.32 Å². The van der Waals surface area contributed by atoms with E-state index in [0.717, 1.165) is 4.86 Å². The highest BCUT2D eigenvalue weighted by atomic mass is 32.1. The van der Waals surface area contributed by atoms with E-state index in [1.807, 2.05) is 20.8 Å². The van der Waals surface area contributed by atoms with Crippen LogP contribution in [0.2, 0.25) is 0 Å². The highest BCUT2D eigenvalue weighted by Crippen LogP contribution is 2.08. The monoisotopic (exact) mass is 188 g/mol. The molecule has 0 saturated heterocycles. The summed E-state index contributed by atoms with van der Waals surface area (Å²) in [7, 11) is 0. The number of hydrogen-bond donors (Lipinski definition) is 2. The smallest absolute Gasteiger partial charge is 0.234 e. The first-order valence-corrected chi connectivity index (χ1v) is 4.29. The lowest BCUT2D eigenvalue weighted by Crippen LogP contribution is -2.46. The summed E-state index contributed by atoms with van der Waals surface area (Å²) >= 11 is 4.95. The molecule has 0 spiro atoms. The topological polar surface area (TPSA) is 55.1 Å². The summed E-state index contributed by atoms with van der Waals surface area (Å²) in [6.45, 7) is 5.75.